The summed E-state index contributed by atoms with van der Waals surface area (Å²) in [5.41, 5.74) is 1.19. The van der Waals surface area contributed by atoms with E-state index in [1.165, 1.54) is 19.4 Å². The van der Waals surface area contributed by atoms with Gasteiger partial charge in [-0.3, -0.25) is 9.59 Å². The zero-order chi connectivity index (χ0) is 17.1. The molecule has 0 fully saturated rings. The number of esters is 1. The van der Waals surface area contributed by atoms with E-state index < -0.39 is 5.97 Å². The molecule has 2 aromatic rings. The average Bonchev–Trinajstić information content (AvgIpc) is 3.22. The zero-order valence-electron chi connectivity index (χ0n) is 13.3. The monoisotopic (exact) mass is 331 g/mol. The maximum atomic E-state index is 12.4. The van der Waals surface area contributed by atoms with Crippen LogP contribution in [0.15, 0.2) is 34.9 Å². The van der Waals surface area contributed by atoms with Crippen molar-refractivity contribution >= 4 is 11.9 Å². The molecular weight excluding hydrogens is 314 g/mol. The molecule has 1 aliphatic heterocycles. The molecule has 0 bridgehead atoms. The highest BCUT2D eigenvalue weighted by molar-refractivity contribution is 5.96. The van der Waals surface area contributed by atoms with Crippen molar-refractivity contribution in [3.63, 3.8) is 0 Å². The van der Waals surface area contributed by atoms with Gasteiger partial charge in [0.25, 0.3) is 5.91 Å². The van der Waals surface area contributed by atoms with Crippen molar-refractivity contribution < 1.29 is 28.2 Å². The van der Waals surface area contributed by atoms with Crippen LogP contribution in [0.1, 0.15) is 34.6 Å². The average molecular weight is 331 g/mol. The molecule has 7 heteroatoms. The maximum absolute atomic E-state index is 12.4. The fourth-order valence-corrected chi connectivity index (χ4v) is 2.42. The van der Waals surface area contributed by atoms with Crippen LogP contribution >= 0.6 is 0 Å². The number of furan rings is 1. The summed E-state index contributed by atoms with van der Waals surface area (Å²) in [5, 5.41) is 2.87. The Bertz CT molecular complexity index is 766. The van der Waals surface area contributed by atoms with Crippen LogP contribution < -0.4 is 14.8 Å². The fourth-order valence-electron chi connectivity index (χ4n) is 2.42. The second-order valence-corrected chi connectivity index (χ2v) is 5.32. The second kappa shape index (κ2) is 6.66. The molecule has 126 valence electrons. The molecule has 3 rings (SSSR count). The Morgan fingerprint density at radius 1 is 1.25 bits per heavy atom. The number of methoxy groups -OCH3 is 1. The molecular formula is C17H17NO6. The van der Waals surface area contributed by atoms with Gasteiger partial charge in [-0.2, -0.15) is 0 Å². The van der Waals surface area contributed by atoms with Crippen LogP contribution in [0.4, 0.5) is 0 Å². The summed E-state index contributed by atoms with van der Waals surface area (Å²) in [7, 11) is 1.28. The fraction of sp³-hybridized carbons (Fsp3) is 0.294. The summed E-state index contributed by atoms with van der Waals surface area (Å²) in [6, 6.07) is 6.77. The first-order chi connectivity index (χ1) is 11.6. The lowest BCUT2D eigenvalue weighted by Crippen LogP contribution is -2.27. The Morgan fingerprint density at radius 3 is 2.83 bits per heavy atom. The normalized spacial score (nSPS) is 13.4. The van der Waals surface area contributed by atoms with Crippen molar-refractivity contribution in [1.82, 2.24) is 5.32 Å². The number of hydrogen-bond donors (Lipinski definition) is 1. The Kier molecular flexibility index (Phi) is 4.41. The minimum absolute atomic E-state index is 0.0926. The molecule has 0 aliphatic carbocycles. The predicted octanol–water partition coefficient (Wildman–Crippen LogP) is 2.21. The van der Waals surface area contributed by atoms with Gasteiger partial charge in [-0.25, -0.2) is 0 Å². The topological polar surface area (TPSA) is 87.0 Å². The van der Waals surface area contributed by atoms with Gasteiger partial charge in [-0.05, 0) is 30.7 Å². The van der Waals surface area contributed by atoms with Gasteiger partial charge in [-0.1, -0.05) is 6.07 Å². The summed E-state index contributed by atoms with van der Waals surface area (Å²) < 4.78 is 20.4. The standard InChI is InChI=1S/C17H17NO6/c1-10(11-3-4-13-15(7-11)24-9-23-13)18-17(20)12-5-6-22-14(12)8-16(19)21-2/h3-7,10H,8-9H2,1-2H3,(H,18,20). The number of nitrogens with one attached hydrogen (secondary N) is 1. The summed E-state index contributed by atoms with van der Waals surface area (Å²) in [4.78, 5) is 23.8. The van der Waals surface area contributed by atoms with Gasteiger partial charge < -0.3 is 23.9 Å². The number of rotatable bonds is 5. The molecule has 1 unspecified atom stereocenters. The number of carbonyl (C=O) groups excluding carboxylic acids is 2. The quantitative estimate of drug-likeness (QED) is 0.845. The summed E-state index contributed by atoms with van der Waals surface area (Å²) in [6.45, 7) is 2.06. The van der Waals surface area contributed by atoms with E-state index >= 15 is 0 Å². The van der Waals surface area contributed by atoms with Crippen molar-refractivity contribution in [1.29, 1.82) is 0 Å². The van der Waals surface area contributed by atoms with Crippen molar-refractivity contribution in [2.45, 2.75) is 19.4 Å². The Labute approximate surface area is 138 Å². The van der Waals surface area contributed by atoms with E-state index in [1.807, 2.05) is 19.1 Å². The Balaban J connectivity index is 1.71. The third kappa shape index (κ3) is 3.19. The highest BCUT2D eigenvalue weighted by atomic mass is 16.7. The molecule has 0 spiro atoms. The van der Waals surface area contributed by atoms with Gasteiger partial charge in [0.05, 0.1) is 25.0 Å². The predicted molar refractivity (Wildman–Crippen MR) is 82.9 cm³/mol. The molecule has 7 nitrogen and oxygen atoms in total. The largest absolute Gasteiger partial charge is 0.469 e. The molecule has 1 atom stereocenters. The van der Waals surface area contributed by atoms with E-state index in [0.717, 1.165) is 5.56 Å². The number of hydrogen-bond acceptors (Lipinski definition) is 6. The van der Waals surface area contributed by atoms with Gasteiger partial charge in [-0.15, -0.1) is 0 Å². The molecule has 1 aliphatic rings. The van der Waals surface area contributed by atoms with Gasteiger partial charge in [0.2, 0.25) is 6.79 Å². The van der Waals surface area contributed by atoms with Crippen molar-refractivity contribution in [2.24, 2.45) is 0 Å². The lowest BCUT2D eigenvalue weighted by molar-refractivity contribution is -0.140. The van der Waals surface area contributed by atoms with E-state index in [2.05, 4.69) is 10.1 Å². The maximum Gasteiger partial charge on any atom is 0.313 e. The van der Waals surface area contributed by atoms with Crippen molar-refractivity contribution in [3.05, 3.63) is 47.4 Å². The van der Waals surface area contributed by atoms with E-state index in [0.29, 0.717) is 17.1 Å². The van der Waals surface area contributed by atoms with Crippen LogP contribution in [0.3, 0.4) is 0 Å². The first-order valence-corrected chi connectivity index (χ1v) is 7.42. The van der Waals surface area contributed by atoms with Crippen molar-refractivity contribution in [3.8, 4) is 11.5 Å². The number of benzene rings is 1. The van der Waals surface area contributed by atoms with E-state index in [-0.39, 0.29) is 30.9 Å². The highest BCUT2D eigenvalue weighted by Gasteiger charge is 2.21. The number of fused-ring (bicyclic) bond motifs is 1. The minimum atomic E-state index is -0.470. The van der Waals surface area contributed by atoms with Gasteiger partial charge in [0.15, 0.2) is 11.5 Å². The van der Waals surface area contributed by atoms with E-state index in [4.69, 9.17) is 13.9 Å². The van der Waals surface area contributed by atoms with Crippen LogP contribution in [0.25, 0.3) is 0 Å². The number of ether oxygens (including phenoxy) is 3. The van der Waals surface area contributed by atoms with Crippen LogP contribution in [-0.4, -0.2) is 25.8 Å². The smallest absolute Gasteiger partial charge is 0.313 e. The van der Waals surface area contributed by atoms with Crippen LogP contribution in [0.2, 0.25) is 0 Å². The van der Waals surface area contributed by atoms with E-state index in [1.54, 1.807) is 6.07 Å². The van der Waals surface area contributed by atoms with Gasteiger partial charge >= 0.3 is 5.97 Å². The molecule has 1 aromatic carbocycles. The lowest BCUT2D eigenvalue weighted by Gasteiger charge is -2.14. The van der Waals surface area contributed by atoms with Gasteiger partial charge in [0, 0.05) is 0 Å². The molecule has 24 heavy (non-hydrogen) atoms. The number of amides is 1. The first kappa shape index (κ1) is 15.9. The molecule has 2 heterocycles. The zero-order valence-corrected chi connectivity index (χ0v) is 13.3. The Morgan fingerprint density at radius 2 is 2.04 bits per heavy atom. The first-order valence-electron chi connectivity index (χ1n) is 7.42. The van der Waals surface area contributed by atoms with E-state index in [9.17, 15) is 9.59 Å². The summed E-state index contributed by atoms with van der Waals surface area (Å²) >= 11 is 0. The number of carbonyl (C=O) groups is 2. The third-order valence-electron chi connectivity index (χ3n) is 3.77. The summed E-state index contributed by atoms with van der Waals surface area (Å²) in [5.74, 6) is 0.823. The van der Waals surface area contributed by atoms with Crippen LogP contribution in [0.5, 0.6) is 11.5 Å². The van der Waals surface area contributed by atoms with Gasteiger partial charge in [0.1, 0.15) is 12.2 Å². The molecule has 1 aromatic heterocycles. The lowest BCUT2D eigenvalue weighted by atomic mass is 10.1. The highest BCUT2D eigenvalue weighted by Crippen LogP contribution is 2.34. The SMILES string of the molecule is COC(=O)Cc1occc1C(=O)NC(C)c1ccc2c(c1)OCO2. The minimum Gasteiger partial charge on any atom is -0.469 e. The summed E-state index contributed by atoms with van der Waals surface area (Å²) in [6.07, 6.45) is 1.28. The van der Waals surface area contributed by atoms with Crippen LogP contribution in [0, 0.1) is 0 Å². The van der Waals surface area contributed by atoms with Crippen molar-refractivity contribution in [2.75, 3.05) is 13.9 Å². The molecule has 1 N–H and O–H groups in total. The molecule has 0 radical (unpaired) electrons. The molecule has 0 saturated heterocycles. The third-order valence-corrected chi connectivity index (χ3v) is 3.77. The Hall–Kier alpha value is -2.96. The second-order valence-electron chi connectivity index (χ2n) is 5.32. The molecule has 1 amide bonds. The molecule has 0 saturated carbocycles. The van der Waals surface area contributed by atoms with Crippen LogP contribution in [-0.2, 0) is 16.0 Å².